The summed E-state index contributed by atoms with van der Waals surface area (Å²) in [7, 11) is 1.34. The average Bonchev–Trinajstić information content (AvgIpc) is 3.73. The molecule has 0 bridgehead atoms. The monoisotopic (exact) mass is 754 g/mol. The van der Waals surface area contributed by atoms with Crippen molar-refractivity contribution in [2.75, 3.05) is 12.4 Å². The van der Waals surface area contributed by atoms with Crippen LogP contribution in [-0.4, -0.2) is 23.2 Å². The number of furan rings is 2. The number of hydrogen-bond donors (Lipinski definition) is 2. The number of aliphatic hydroxyl groups excluding tert-OH is 1. The van der Waals surface area contributed by atoms with Crippen molar-refractivity contribution in [2.45, 2.75) is 66.9 Å². The number of nitrogens with zero attached hydrogens (tertiary/aromatic N) is 1. The number of ether oxygens (including phenoxy) is 3. The smallest absolute Gasteiger partial charge is 0.356 e. The van der Waals surface area contributed by atoms with Gasteiger partial charge in [-0.05, 0) is 85.3 Å². The van der Waals surface area contributed by atoms with Crippen LogP contribution in [0.1, 0.15) is 84.1 Å². The molecule has 3 heterocycles. The largest absolute Gasteiger partial charge is 0.489 e. The molecule has 0 spiro atoms. The van der Waals surface area contributed by atoms with Gasteiger partial charge in [-0.25, -0.2) is 9.78 Å². The van der Waals surface area contributed by atoms with E-state index in [1.165, 1.54) is 7.11 Å². The van der Waals surface area contributed by atoms with Crippen molar-refractivity contribution in [1.29, 1.82) is 0 Å². The van der Waals surface area contributed by atoms with Crippen LogP contribution in [0.3, 0.4) is 0 Å². The lowest BCUT2D eigenvalue weighted by Crippen LogP contribution is -2.17. The van der Waals surface area contributed by atoms with Crippen molar-refractivity contribution in [1.82, 2.24) is 4.98 Å². The molecule has 2 unspecified atom stereocenters. The fourth-order valence-corrected chi connectivity index (χ4v) is 6.40. The first kappa shape index (κ1) is 39.6. The zero-order valence-electron chi connectivity index (χ0n) is 33.0. The predicted molar refractivity (Wildman–Crippen MR) is 220 cm³/mol. The molecule has 0 aliphatic carbocycles. The summed E-state index contributed by atoms with van der Waals surface area (Å²) < 4.78 is 28.7. The standard InChI is InChI=1S/C27H28N2O4.C20H22O3/c1-17(2)25(29-20-10-12-23(28-15-20)27(30)31-4)26-18(3)22-14-21(11-13-24(22)33-26)32-16-19-8-6-5-7-9-19;1-13(2)19(21)20-14(3)17-11-16(9-10-18(17)23-20)22-12-15-7-5-4-6-8-15/h5-15,17,25,29H,16H2,1-4H3;4-11,13,19,21H,12H2,1-3H3. The highest BCUT2D eigenvalue weighted by Gasteiger charge is 2.25. The van der Waals surface area contributed by atoms with E-state index in [9.17, 15) is 9.90 Å². The average molecular weight is 755 g/mol. The van der Waals surface area contributed by atoms with Crippen molar-refractivity contribution >= 4 is 33.6 Å². The van der Waals surface area contributed by atoms with Crippen molar-refractivity contribution in [3.8, 4) is 11.5 Å². The second-order valence-electron chi connectivity index (χ2n) is 14.5. The number of esters is 1. The summed E-state index contributed by atoms with van der Waals surface area (Å²) in [6.07, 6.45) is 1.05. The lowest BCUT2D eigenvalue weighted by molar-refractivity contribution is 0.0594. The molecule has 9 nitrogen and oxygen atoms in total. The van der Waals surface area contributed by atoms with Crippen LogP contribution in [0.5, 0.6) is 11.5 Å². The lowest BCUT2D eigenvalue weighted by atomic mass is 9.98. The van der Waals surface area contributed by atoms with Gasteiger partial charge < -0.3 is 33.5 Å². The molecule has 290 valence electrons. The number of fused-ring (bicyclic) bond motifs is 2. The van der Waals surface area contributed by atoms with E-state index in [2.05, 4.69) is 31.1 Å². The number of carbonyl (C=O) groups is 1. The minimum absolute atomic E-state index is 0.0723. The molecule has 0 radical (unpaired) electrons. The molecular formula is C47H50N2O7. The van der Waals surface area contributed by atoms with Gasteiger partial charge in [0.25, 0.3) is 0 Å². The Hall–Kier alpha value is -6.06. The third-order valence-electron chi connectivity index (χ3n) is 9.72. The van der Waals surface area contributed by atoms with Gasteiger partial charge in [0.1, 0.15) is 59.2 Å². The van der Waals surface area contributed by atoms with Gasteiger partial charge in [-0.1, -0.05) is 88.4 Å². The predicted octanol–water partition coefficient (Wildman–Crippen LogP) is 11.3. The van der Waals surface area contributed by atoms with Crippen molar-refractivity contribution in [2.24, 2.45) is 11.8 Å². The number of pyridine rings is 1. The highest BCUT2D eigenvalue weighted by Crippen LogP contribution is 2.37. The number of rotatable bonds is 13. The molecule has 0 saturated heterocycles. The quantitative estimate of drug-likeness (QED) is 0.111. The third kappa shape index (κ3) is 9.41. The first-order valence-corrected chi connectivity index (χ1v) is 18.9. The van der Waals surface area contributed by atoms with Crippen LogP contribution in [0, 0.1) is 25.7 Å². The number of methoxy groups -OCH3 is 1. The Kier molecular flexibility index (Phi) is 12.8. The normalized spacial score (nSPS) is 12.3. The van der Waals surface area contributed by atoms with Crippen LogP contribution >= 0.6 is 0 Å². The number of aryl methyl sites for hydroxylation is 2. The summed E-state index contributed by atoms with van der Waals surface area (Å²) in [5.41, 5.74) is 6.98. The Morgan fingerprint density at radius 1 is 0.696 bits per heavy atom. The summed E-state index contributed by atoms with van der Waals surface area (Å²) in [4.78, 5) is 15.8. The number of hydrogen-bond acceptors (Lipinski definition) is 9. The minimum atomic E-state index is -0.587. The molecule has 0 aliphatic rings. The van der Waals surface area contributed by atoms with Crippen LogP contribution in [0.4, 0.5) is 5.69 Å². The van der Waals surface area contributed by atoms with E-state index in [0.717, 1.165) is 67.1 Å². The molecule has 2 N–H and O–H groups in total. The van der Waals surface area contributed by atoms with Gasteiger partial charge in [0.2, 0.25) is 0 Å². The van der Waals surface area contributed by atoms with Gasteiger partial charge in [0.05, 0.1) is 25.0 Å². The number of aliphatic hydroxyl groups is 1. The minimum Gasteiger partial charge on any atom is -0.489 e. The molecule has 3 aromatic heterocycles. The molecule has 0 amide bonds. The van der Waals surface area contributed by atoms with Crippen molar-refractivity contribution in [3.63, 3.8) is 0 Å². The van der Waals surface area contributed by atoms with E-state index in [1.54, 1.807) is 12.3 Å². The lowest BCUT2D eigenvalue weighted by Gasteiger charge is -2.22. The number of anilines is 1. The maximum Gasteiger partial charge on any atom is 0.356 e. The number of carbonyl (C=O) groups excluding carboxylic acids is 1. The van der Waals surface area contributed by atoms with Gasteiger partial charge >= 0.3 is 5.97 Å². The van der Waals surface area contributed by atoms with Gasteiger partial charge in [-0.3, -0.25) is 0 Å². The van der Waals surface area contributed by atoms with E-state index in [-0.39, 0.29) is 23.6 Å². The van der Waals surface area contributed by atoms with Crippen molar-refractivity contribution in [3.05, 3.63) is 155 Å². The molecule has 0 saturated carbocycles. The molecule has 0 fully saturated rings. The Labute approximate surface area is 328 Å². The Bertz CT molecular complexity index is 2350. The van der Waals surface area contributed by atoms with Crippen LogP contribution in [0.25, 0.3) is 21.9 Å². The summed E-state index contributed by atoms with van der Waals surface area (Å²) in [5, 5.41) is 15.8. The number of aromatic nitrogens is 1. The SMILES string of the molecule is COC(=O)c1ccc(NC(c2oc3ccc(OCc4ccccc4)cc3c2C)C(C)C)cn1.Cc1c(C(O)C(C)C)oc2ccc(OCc3ccccc3)cc12. The van der Waals surface area contributed by atoms with E-state index < -0.39 is 12.1 Å². The Morgan fingerprint density at radius 3 is 1.68 bits per heavy atom. The summed E-state index contributed by atoms with van der Waals surface area (Å²) in [6, 6.07) is 35.3. The summed E-state index contributed by atoms with van der Waals surface area (Å²) >= 11 is 0. The van der Waals surface area contributed by atoms with Crippen molar-refractivity contribution < 1.29 is 32.9 Å². The van der Waals surface area contributed by atoms with Gasteiger partial charge in [-0.2, -0.15) is 0 Å². The van der Waals surface area contributed by atoms with Crippen LogP contribution in [0.15, 0.2) is 124 Å². The molecular weight excluding hydrogens is 705 g/mol. The Morgan fingerprint density at radius 2 is 1.21 bits per heavy atom. The van der Waals surface area contributed by atoms with Gasteiger partial charge in [0, 0.05) is 21.9 Å². The zero-order valence-corrected chi connectivity index (χ0v) is 33.0. The fourth-order valence-electron chi connectivity index (χ4n) is 6.40. The van der Waals surface area contributed by atoms with Crippen LogP contribution < -0.4 is 14.8 Å². The molecule has 4 aromatic carbocycles. The third-order valence-corrected chi connectivity index (χ3v) is 9.72. The number of nitrogens with one attached hydrogen (secondary N) is 1. The number of benzene rings is 4. The summed E-state index contributed by atoms with van der Waals surface area (Å²) in [6.45, 7) is 13.3. The second-order valence-corrected chi connectivity index (χ2v) is 14.5. The highest BCUT2D eigenvalue weighted by molar-refractivity contribution is 5.87. The van der Waals surface area contributed by atoms with E-state index in [1.807, 2.05) is 124 Å². The Balaban J connectivity index is 0.000000202. The molecule has 9 heteroatoms. The maximum atomic E-state index is 11.6. The highest BCUT2D eigenvalue weighted by atomic mass is 16.5. The molecule has 7 aromatic rings. The zero-order chi connectivity index (χ0) is 39.8. The maximum absolute atomic E-state index is 11.6. The van der Waals surface area contributed by atoms with Crippen LogP contribution in [-0.2, 0) is 18.0 Å². The van der Waals surface area contributed by atoms with E-state index in [4.69, 9.17) is 23.0 Å². The van der Waals surface area contributed by atoms with E-state index >= 15 is 0 Å². The first-order valence-electron chi connectivity index (χ1n) is 18.9. The van der Waals surface area contributed by atoms with E-state index in [0.29, 0.717) is 19.0 Å². The topological polar surface area (TPSA) is 116 Å². The second kappa shape index (κ2) is 18.0. The molecule has 2 atom stereocenters. The van der Waals surface area contributed by atoms with Crippen LogP contribution in [0.2, 0.25) is 0 Å². The van der Waals surface area contributed by atoms with Gasteiger partial charge in [-0.15, -0.1) is 0 Å². The van der Waals surface area contributed by atoms with Gasteiger partial charge in [0.15, 0.2) is 0 Å². The molecule has 0 aliphatic heterocycles. The first-order chi connectivity index (χ1) is 27.0. The molecule has 56 heavy (non-hydrogen) atoms. The molecule has 7 rings (SSSR count). The summed E-state index contributed by atoms with van der Waals surface area (Å²) in [5.74, 6) is 3.03. The fraction of sp³-hybridized carbons (Fsp3) is 0.277.